The van der Waals surface area contributed by atoms with Gasteiger partial charge in [0.25, 0.3) is 0 Å². The van der Waals surface area contributed by atoms with Crippen molar-refractivity contribution in [2.45, 2.75) is 168 Å². The largest absolute Gasteiger partial charge is 0.519 e. The van der Waals surface area contributed by atoms with Crippen molar-refractivity contribution in [3.05, 3.63) is 0 Å². The first-order valence-electron chi connectivity index (χ1n) is 20.5. The molecule has 0 aromatic heterocycles. The molecule has 0 aromatic rings. The van der Waals surface area contributed by atoms with Crippen molar-refractivity contribution in [2.24, 2.45) is 11.5 Å². The number of alkyl carbamates (subject to hydrolysis) is 2. The summed E-state index contributed by atoms with van der Waals surface area (Å²) in [7, 11) is 0. The Kier molecular flexibility index (Phi) is 66.2. The van der Waals surface area contributed by atoms with Crippen LogP contribution in [-0.2, 0) is 47.5 Å². The van der Waals surface area contributed by atoms with Crippen LogP contribution in [0.1, 0.15) is 125 Å². The Bertz CT molecular complexity index is 1220. The fraction of sp³-hybridized carbons (Fsp3) is 0.857. The van der Waals surface area contributed by atoms with E-state index < -0.39 is 79.6 Å². The number of nitrogens with two attached hydrogens (primary N) is 2. The number of alkyl halides is 6. The number of halogens is 6. The molecule has 1 aliphatic heterocycles. The number of hydrogen-bond donors (Lipinski definition) is 8. The number of carbonyl (C=O) groups excluding carboxylic acids is 6. The van der Waals surface area contributed by atoms with Gasteiger partial charge in [-0.25, -0.2) is 28.8 Å². The third-order valence-electron chi connectivity index (χ3n) is 4.74. The molecule has 1 saturated heterocycles. The number of amides is 2. The van der Waals surface area contributed by atoms with Crippen LogP contribution in [0.25, 0.3) is 0 Å². The molecule has 28 heteroatoms. The highest BCUT2D eigenvalue weighted by molar-refractivity contribution is 6.63. The van der Waals surface area contributed by atoms with Crippen LogP contribution in [0, 0.1) is 0 Å². The molecule has 0 spiro atoms. The highest BCUT2D eigenvalue weighted by Crippen LogP contribution is 2.12. The maximum Gasteiger partial charge on any atom is 0.519 e. The summed E-state index contributed by atoms with van der Waals surface area (Å²) in [5.41, 5.74) is 7.38. The molecule has 22 nitrogen and oxygen atoms in total. The second-order valence-electron chi connectivity index (χ2n) is 16.4. The monoisotopic (exact) mass is 1150 g/mol. The molecule has 2 unspecified atom stereocenters. The maximum absolute atomic E-state index is 11.1. The second-order valence-corrected chi connectivity index (χ2v) is 20.4. The number of carbonyl (C=O) groups is 6. The normalized spacial score (nSPS) is 12.0. The van der Waals surface area contributed by atoms with Gasteiger partial charge < -0.3 is 80.4 Å². The first kappa shape index (κ1) is 87.4. The fourth-order valence-corrected chi connectivity index (χ4v) is 2.61. The first-order valence-corrected chi connectivity index (χ1v) is 23.2. The molecule has 1 heterocycles. The summed E-state index contributed by atoms with van der Waals surface area (Å²) in [6.07, 6.45) is -2.82. The standard InChI is InChI=1S/C10H19NO5.C10H18O5.C7H15NO3.C5H11NO3.C4H8O.C2H7NO.2CHCl3.2CH4/c1-7(12)8(13)15-6-5-11-9(14)16-10(2,3)4;1-9(2,3)14-7(11)13-8(12)15-10(4,5)6;1-7(2,3)11-6(10)8-4-5-9;1-4(7)5(8)9-3-2-6;1-2-4-5-3-1;3-1-2-4;2*2-1(3)4;;/h7,12H,5-6H2,1-4H3,(H,11,14);1-6H3;9H,4-5H2,1-3H3,(H,8,10);4,7H,2-3,6H2,1H3;1-4H2;4H,1-3H2;2*1H;2*1H4. The van der Waals surface area contributed by atoms with Gasteiger partial charge in [0.2, 0.25) is 0 Å². The van der Waals surface area contributed by atoms with Crippen LogP contribution in [0.3, 0.4) is 0 Å². The predicted octanol–water partition coefficient (Wildman–Crippen LogP) is 7.66. The van der Waals surface area contributed by atoms with Crippen LogP contribution in [0.5, 0.6) is 0 Å². The van der Waals surface area contributed by atoms with Gasteiger partial charge in [0.15, 0.2) is 8.59 Å². The zero-order chi connectivity index (χ0) is 55.3. The molecule has 426 valence electrons. The molecule has 1 fully saturated rings. The molecule has 1 aliphatic rings. The number of rotatable bonds is 10. The smallest absolute Gasteiger partial charge is 0.462 e. The second kappa shape index (κ2) is 53.0. The van der Waals surface area contributed by atoms with E-state index in [0.717, 1.165) is 13.2 Å². The van der Waals surface area contributed by atoms with Crippen molar-refractivity contribution in [3.8, 4) is 0 Å². The van der Waals surface area contributed by atoms with Crippen LogP contribution in [0.4, 0.5) is 19.2 Å². The number of esters is 2. The van der Waals surface area contributed by atoms with Crippen molar-refractivity contribution in [1.29, 1.82) is 0 Å². The van der Waals surface area contributed by atoms with Gasteiger partial charge in [-0.3, -0.25) is 0 Å². The van der Waals surface area contributed by atoms with Crippen molar-refractivity contribution in [2.75, 3.05) is 65.8 Å². The van der Waals surface area contributed by atoms with Gasteiger partial charge in [-0.2, -0.15) is 0 Å². The lowest BCUT2D eigenvalue weighted by Gasteiger charge is -2.20. The maximum atomic E-state index is 11.1. The average molecular weight is 1150 g/mol. The van der Waals surface area contributed by atoms with Gasteiger partial charge in [-0.15, -0.1) is 0 Å². The average Bonchev–Trinajstić information content (AvgIpc) is 3.73. The third kappa shape index (κ3) is 107. The lowest BCUT2D eigenvalue weighted by atomic mass is 10.2. The van der Waals surface area contributed by atoms with Crippen LogP contribution in [0.2, 0.25) is 0 Å². The highest BCUT2D eigenvalue weighted by Gasteiger charge is 2.24. The predicted molar refractivity (Wildman–Crippen MR) is 276 cm³/mol. The van der Waals surface area contributed by atoms with Gasteiger partial charge in [0.1, 0.15) is 47.8 Å². The number of aliphatic hydroxyl groups excluding tert-OH is 4. The summed E-state index contributed by atoms with van der Waals surface area (Å²) >= 11 is 28.8. The number of aliphatic hydroxyl groups is 4. The lowest BCUT2D eigenvalue weighted by Crippen LogP contribution is -2.35. The van der Waals surface area contributed by atoms with E-state index in [2.05, 4.69) is 24.8 Å². The molecule has 2 amide bonds. The van der Waals surface area contributed by atoms with Crippen molar-refractivity contribution in [1.82, 2.24) is 10.6 Å². The van der Waals surface area contributed by atoms with Crippen LogP contribution in [-0.4, -0.2) is 166 Å². The van der Waals surface area contributed by atoms with E-state index in [1.165, 1.54) is 26.7 Å². The Labute approximate surface area is 446 Å². The molecule has 10 N–H and O–H groups in total. The summed E-state index contributed by atoms with van der Waals surface area (Å²) in [5.74, 6) is -1.34. The molecular weight excluding hydrogens is 1060 g/mol. The summed E-state index contributed by atoms with van der Waals surface area (Å²) in [5, 5.41) is 38.2. The van der Waals surface area contributed by atoms with Crippen molar-refractivity contribution < 1.29 is 87.1 Å². The van der Waals surface area contributed by atoms with Crippen LogP contribution >= 0.6 is 69.6 Å². The SMILES string of the molecule is C.C.C1CCOC1.CC(C)(C)OC(=O)NCCO.CC(C)(C)OC(=O)OC(=O)OC(C)(C)C.CC(O)C(=O)OCCN.CC(O)C(=O)OCCNC(=O)OC(C)(C)C.ClC(Cl)Cl.ClC(Cl)Cl.NCCO. The minimum atomic E-state index is -1.15. The van der Waals surface area contributed by atoms with Gasteiger partial charge in [0.05, 0.1) is 19.8 Å². The zero-order valence-electron chi connectivity index (χ0n) is 41.7. The van der Waals surface area contributed by atoms with E-state index in [9.17, 15) is 28.8 Å². The quantitative estimate of drug-likeness (QED) is 0.0342. The van der Waals surface area contributed by atoms with E-state index in [4.69, 9.17) is 125 Å². The van der Waals surface area contributed by atoms with Crippen LogP contribution < -0.4 is 22.1 Å². The number of nitrogens with one attached hydrogen (secondary N) is 2. The molecule has 0 saturated carbocycles. The Morgan fingerprint density at radius 2 is 0.829 bits per heavy atom. The molecule has 0 aliphatic carbocycles. The number of ether oxygens (including phenoxy) is 8. The van der Waals surface area contributed by atoms with Crippen LogP contribution in [0.15, 0.2) is 0 Å². The van der Waals surface area contributed by atoms with Gasteiger partial charge in [-0.05, 0) is 110 Å². The van der Waals surface area contributed by atoms with E-state index in [1.807, 2.05) is 0 Å². The molecule has 0 aromatic carbocycles. The van der Waals surface area contributed by atoms with Gasteiger partial charge >= 0.3 is 36.4 Å². The Balaban J connectivity index is -0.0000000912. The molecule has 70 heavy (non-hydrogen) atoms. The van der Waals surface area contributed by atoms with Gasteiger partial charge in [0, 0.05) is 32.8 Å². The van der Waals surface area contributed by atoms with E-state index in [-0.39, 0.29) is 54.4 Å². The Hall–Kier alpha value is -2.32. The highest BCUT2D eigenvalue weighted by atomic mass is 35.6. The summed E-state index contributed by atoms with van der Waals surface area (Å²) < 4.78 is 36.1. The molecule has 1 rings (SSSR count). The first-order chi connectivity index (χ1) is 30.7. The minimum absolute atomic E-state index is 0. The van der Waals surface area contributed by atoms with E-state index in [0.29, 0.717) is 13.1 Å². The van der Waals surface area contributed by atoms with Crippen molar-refractivity contribution in [3.63, 3.8) is 0 Å². The Morgan fingerprint density at radius 1 is 0.543 bits per heavy atom. The Morgan fingerprint density at radius 3 is 1.04 bits per heavy atom. The molecular formula is C42H88Cl6N4O18. The number of hydrogen-bond acceptors (Lipinski definition) is 20. The lowest BCUT2D eigenvalue weighted by molar-refractivity contribution is -0.152. The van der Waals surface area contributed by atoms with Gasteiger partial charge in [-0.1, -0.05) is 84.5 Å². The zero-order valence-corrected chi connectivity index (χ0v) is 46.3. The molecule has 2 atom stereocenters. The van der Waals surface area contributed by atoms with E-state index in [1.54, 1.807) is 83.1 Å². The summed E-state index contributed by atoms with van der Waals surface area (Å²) in [6, 6.07) is 0. The summed E-state index contributed by atoms with van der Waals surface area (Å²) in [4.78, 5) is 65.1. The third-order valence-corrected chi connectivity index (χ3v) is 4.74. The van der Waals surface area contributed by atoms with Crippen molar-refractivity contribution >= 4 is 106 Å². The van der Waals surface area contributed by atoms with E-state index >= 15 is 0 Å². The minimum Gasteiger partial charge on any atom is -0.462 e. The molecule has 0 radical (unpaired) electrons. The topological polar surface area (TPSA) is 333 Å². The summed E-state index contributed by atoms with van der Waals surface area (Å²) in [6.45, 7) is 26.5. The fourth-order valence-electron chi connectivity index (χ4n) is 2.61. The molecule has 0 bridgehead atoms.